The van der Waals surface area contributed by atoms with Crippen LogP contribution >= 0.6 is 0 Å². The predicted octanol–water partition coefficient (Wildman–Crippen LogP) is 1.12. The first kappa shape index (κ1) is 14.7. The highest BCUT2D eigenvalue weighted by Gasteiger charge is 2.23. The average molecular weight is 283 g/mol. The smallest absolute Gasteiger partial charge is 0.251 e. The van der Waals surface area contributed by atoms with Gasteiger partial charge in [0.1, 0.15) is 6.61 Å². The lowest BCUT2D eigenvalue weighted by Crippen LogP contribution is -2.47. The molecular formula is C14H18FNO4. The summed E-state index contributed by atoms with van der Waals surface area (Å²) < 4.78 is 29.1. The molecule has 2 rings (SSSR count). The standard InChI is InChI=1S/C14H18FNO4/c1-10(8-20-12-5-3-2-4-11(12)15)16-14(17)13-9-18-6-7-19-13/h2-5,10,13H,6-9H2,1H3,(H,16,17)/t10-,13+/m0/s1. The lowest BCUT2D eigenvalue weighted by Gasteiger charge is -2.24. The highest BCUT2D eigenvalue weighted by Crippen LogP contribution is 2.15. The third-order valence-electron chi connectivity index (χ3n) is 2.82. The summed E-state index contributed by atoms with van der Waals surface area (Å²) in [4.78, 5) is 11.8. The van der Waals surface area contributed by atoms with E-state index in [2.05, 4.69) is 5.32 Å². The Morgan fingerprint density at radius 1 is 1.50 bits per heavy atom. The molecule has 1 aromatic carbocycles. The maximum absolute atomic E-state index is 13.3. The van der Waals surface area contributed by atoms with Crippen LogP contribution in [0.15, 0.2) is 24.3 Å². The van der Waals surface area contributed by atoms with E-state index in [0.29, 0.717) is 13.2 Å². The van der Waals surface area contributed by atoms with Crippen LogP contribution in [-0.2, 0) is 14.3 Å². The molecule has 0 spiro atoms. The van der Waals surface area contributed by atoms with Crippen molar-refractivity contribution in [1.82, 2.24) is 5.32 Å². The highest BCUT2D eigenvalue weighted by molar-refractivity contribution is 5.81. The molecule has 1 aromatic rings. The van der Waals surface area contributed by atoms with Crippen molar-refractivity contribution >= 4 is 5.91 Å². The summed E-state index contributed by atoms with van der Waals surface area (Å²) in [5.41, 5.74) is 0. The molecule has 2 atom stereocenters. The Labute approximate surface area is 117 Å². The molecule has 0 aromatic heterocycles. The number of ether oxygens (including phenoxy) is 3. The molecule has 0 aliphatic carbocycles. The monoisotopic (exact) mass is 283 g/mol. The molecule has 0 unspecified atom stereocenters. The molecule has 20 heavy (non-hydrogen) atoms. The Bertz CT molecular complexity index is 449. The number of nitrogens with one attached hydrogen (secondary N) is 1. The first-order chi connectivity index (χ1) is 9.66. The number of carbonyl (C=O) groups excluding carboxylic acids is 1. The van der Waals surface area contributed by atoms with Crippen LogP contribution in [0.5, 0.6) is 5.75 Å². The molecule has 1 amide bonds. The summed E-state index contributed by atoms with van der Waals surface area (Å²) >= 11 is 0. The fraction of sp³-hybridized carbons (Fsp3) is 0.500. The number of halogens is 1. The van der Waals surface area contributed by atoms with Crippen molar-refractivity contribution in [2.45, 2.75) is 19.1 Å². The van der Waals surface area contributed by atoms with Gasteiger partial charge in [-0.1, -0.05) is 12.1 Å². The zero-order valence-corrected chi connectivity index (χ0v) is 11.3. The van der Waals surface area contributed by atoms with E-state index >= 15 is 0 Å². The average Bonchev–Trinajstić information content (AvgIpc) is 2.47. The van der Waals surface area contributed by atoms with Crippen LogP contribution < -0.4 is 10.1 Å². The number of rotatable bonds is 5. The molecule has 5 nitrogen and oxygen atoms in total. The van der Waals surface area contributed by atoms with Gasteiger partial charge < -0.3 is 19.5 Å². The van der Waals surface area contributed by atoms with Gasteiger partial charge in [0.15, 0.2) is 17.7 Å². The summed E-state index contributed by atoms with van der Waals surface area (Å²) in [5.74, 6) is -0.491. The Balaban J connectivity index is 1.76. The van der Waals surface area contributed by atoms with Gasteiger partial charge in [0.2, 0.25) is 0 Å². The normalized spacial score (nSPS) is 20.2. The first-order valence-corrected chi connectivity index (χ1v) is 6.54. The Kier molecular flexibility index (Phi) is 5.31. The van der Waals surface area contributed by atoms with Crippen LogP contribution in [0.3, 0.4) is 0 Å². The van der Waals surface area contributed by atoms with Crippen LogP contribution in [0.4, 0.5) is 4.39 Å². The van der Waals surface area contributed by atoms with E-state index in [1.165, 1.54) is 6.07 Å². The van der Waals surface area contributed by atoms with Gasteiger partial charge >= 0.3 is 0 Å². The largest absolute Gasteiger partial charge is 0.488 e. The number of benzene rings is 1. The maximum Gasteiger partial charge on any atom is 0.251 e. The SMILES string of the molecule is C[C@@H](COc1ccccc1F)NC(=O)[C@H]1COCCO1. The fourth-order valence-electron chi connectivity index (χ4n) is 1.79. The van der Waals surface area contributed by atoms with Crippen molar-refractivity contribution in [2.75, 3.05) is 26.4 Å². The second kappa shape index (κ2) is 7.21. The van der Waals surface area contributed by atoms with Gasteiger partial charge in [-0.15, -0.1) is 0 Å². The van der Waals surface area contributed by atoms with E-state index in [4.69, 9.17) is 14.2 Å². The molecule has 1 N–H and O–H groups in total. The number of amides is 1. The van der Waals surface area contributed by atoms with E-state index in [1.54, 1.807) is 25.1 Å². The van der Waals surface area contributed by atoms with E-state index in [1.807, 2.05) is 0 Å². The second-order valence-electron chi connectivity index (χ2n) is 4.59. The quantitative estimate of drug-likeness (QED) is 0.880. The molecule has 1 saturated heterocycles. The molecule has 0 radical (unpaired) electrons. The zero-order chi connectivity index (χ0) is 14.4. The lowest BCUT2D eigenvalue weighted by atomic mass is 10.3. The van der Waals surface area contributed by atoms with Crippen molar-refractivity contribution in [3.63, 3.8) is 0 Å². The minimum absolute atomic E-state index is 0.172. The second-order valence-corrected chi connectivity index (χ2v) is 4.59. The number of para-hydroxylation sites is 1. The van der Waals surface area contributed by atoms with E-state index in [9.17, 15) is 9.18 Å². The van der Waals surface area contributed by atoms with Crippen molar-refractivity contribution in [1.29, 1.82) is 0 Å². The van der Waals surface area contributed by atoms with Gasteiger partial charge in [-0.3, -0.25) is 4.79 Å². The third kappa shape index (κ3) is 4.18. The van der Waals surface area contributed by atoms with Crippen molar-refractivity contribution in [2.24, 2.45) is 0 Å². The van der Waals surface area contributed by atoms with Crippen molar-refractivity contribution in [3.8, 4) is 5.75 Å². The fourth-order valence-corrected chi connectivity index (χ4v) is 1.79. The predicted molar refractivity (Wildman–Crippen MR) is 70.1 cm³/mol. The van der Waals surface area contributed by atoms with Gasteiger partial charge in [0, 0.05) is 0 Å². The van der Waals surface area contributed by atoms with Crippen LogP contribution in [-0.4, -0.2) is 44.5 Å². The summed E-state index contributed by atoms with van der Waals surface area (Å²) in [7, 11) is 0. The molecule has 1 fully saturated rings. The van der Waals surface area contributed by atoms with Gasteiger partial charge in [-0.2, -0.15) is 0 Å². The number of hydrogen-bond donors (Lipinski definition) is 1. The molecule has 0 saturated carbocycles. The summed E-state index contributed by atoms with van der Waals surface area (Å²) in [6, 6.07) is 5.89. The van der Waals surface area contributed by atoms with Crippen molar-refractivity contribution in [3.05, 3.63) is 30.1 Å². The van der Waals surface area contributed by atoms with Crippen LogP contribution in [0.1, 0.15) is 6.92 Å². The Morgan fingerprint density at radius 2 is 2.30 bits per heavy atom. The lowest BCUT2D eigenvalue weighted by molar-refractivity contribution is -0.148. The molecule has 1 aliphatic heterocycles. The van der Waals surface area contributed by atoms with Gasteiger partial charge in [-0.25, -0.2) is 4.39 Å². The topological polar surface area (TPSA) is 56.8 Å². The molecule has 1 aliphatic rings. The van der Waals surface area contributed by atoms with E-state index in [-0.39, 0.29) is 30.9 Å². The van der Waals surface area contributed by atoms with Gasteiger partial charge in [-0.05, 0) is 19.1 Å². The maximum atomic E-state index is 13.3. The minimum atomic E-state index is -0.584. The molecule has 1 heterocycles. The van der Waals surface area contributed by atoms with E-state index < -0.39 is 11.9 Å². The van der Waals surface area contributed by atoms with Crippen LogP contribution in [0.2, 0.25) is 0 Å². The summed E-state index contributed by atoms with van der Waals surface area (Å²) in [6.45, 7) is 3.14. The Hall–Kier alpha value is -1.66. The van der Waals surface area contributed by atoms with Crippen molar-refractivity contribution < 1.29 is 23.4 Å². The Morgan fingerprint density at radius 3 is 3.00 bits per heavy atom. The van der Waals surface area contributed by atoms with E-state index in [0.717, 1.165) is 0 Å². The molecule has 6 heteroatoms. The number of hydrogen-bond acceptors (Lipinski definition) is 4. The molecule has 110 valence electrons. The first-order valence-electron chi connectivity index (χ1n) is 6.54. The minimum Gasteiger partial charge on any atom is -0.488 e. The van der Waals surface area contributed by atoms with Gasteiger partial charge in [0.05, 0.1) is 25.9 Å². The zero-order valence-electron chi connectivity index (χ0n) is 11.3. The summed E-state index contributed by atoms with van der Waals surface area (Å²) in [6.07, 6.45) is -0.584. The molecular weight excluding hydrogens is 265 g/mol. The molecule has 0 bridgehead atoms. The highest BCUT2D eigenvalue weighted by atomic mass is 19.1. The van der Waals surface area contributed by atoms with Crippen LogP contribution in [0, 0.1) is 5.82 Å². The van der Waals surface area contributed by atoms with Gasteiger partial charge in [0.25, 0.3) is 5.91 Å². The van der Waals surface area contributed by atoms with Crippen LogP contribution in [0.25, 0.3) is 0 Å². The summed E-state index contributed by atoms with van der Waals surface area (Å²) in [5, 5.41) is 2.75. The number of carbonyl (C=O) groups is 1. The third-order valence-corrected chi connectivity index (χ3v) is 2.82.